The number of halogens is 3. The summed E-state index contributed by atoms with van der Waals surface area (Å²) in [5, 5.41) is 10.9. The van der Waals surface area contributed by atoms with Gasteiger partial charge in [0.1, 0.15) is 5.69 Å². The number of carbonyl (C=O) groups is 1. The van der Waals surface area contributed by atoms with Gasteiger partial charge in [0.25, 0.3) is 0 Å². The zero-order valence-electron chi connectivity index (χ0n) is 10.8. The third-order valence-corrected chi connectivity index (χ3v) is 2.16. The highest BCUT2D eigenvalue weighted by molar-refractivity contribution is 5.74. The van der Waals surface area contributed by atoms with Crippen LogP contribution in [0.25, 0.3) is 0 Å². The van der Waals surface area contributed by atoms with E-state index in [9.17, 15) is 28.1 Å². The van der Waals surface area contributed by atoms with E-state index in [1.165, 1.54) is 0 Å². The number of methoxy groups -OCH3 is 2. The van der Waals surface area contributed by atoms with Crippen molar-refractivity contribution < 1.29 is 37.1 Å². The first kappa shape index (κ1) is 16.5. The number of nitro groups is 1. The van der Waals surface area contributed by atoms with Crippen molar-refractivity contribution in [2.45, 2.75) is 12.8 Å². The summed E-state index contributed by atoms with van der Waals surface area (Å²) in [6, 6.07) is 0.604. The normalized spacial score (nSPS) is 10.9. The minimum Gasteiger partial charge on any atom is -0.481 e. The van der Waals surface area contributed by atoms with Gasteiger partial charge >= 0.3 is 18.0 Å². The number of aromatic nitrogens is 1. The van der Waals surface area contributed by atoms with Crippen LogP contribution >= 0.6 is 0 Å². The number of pyridine rings is 1. The van der Waals surface area contributed by atoms with Gasteiger partial charge < -0.3 is 14.2 Å². The first-order valence-electron chi connectivity index (χ1n) is 5.22. The predicted octanol–water partition coefficient (Wildman–Crippen LogP) is 1.61. The second-order valence-corrected chi connectivity index (χ2v) is 3.52. The van der Waals surface area contributed by atoms with E-state index < -0.39 is 40.8 Å². The Morgan fingerprint density at radius 2 is 2.05 bits per heavy atom. The summed E-state index contributed by atoms with van der Waals surface area (Å²) >= 11 is 0. The Bertz CT molecular complexity index is 560. The molecule has 0 radical (unpaired) electrons. The smallest absolute Gasteiger partial charge is 0.481 e. The van der Waals surface area contributed by atoms with Crippen LogP contribution in [0.3, 0.4) is 0 Å². The molecule has 0 aliphatic heterocycles. The zero-order valence-corrected chi connectivity index (χ0v) is 10.8. The number of hydrogen-bond donors (Lipinski definition) is 0. The molecule has 1 heterocycles. The lowest BCUT2D eigenvalue weighted by molar-refractivity contribution is -0.389. The largest absolute Gasteiger partial charge is 0.573 e. The van der Waals surface area contributed by atoms with Crippen molar-refractivity contribution in [3.8, 4) is 11.6 Å². The number of nitrogens with zero attached hydrogens (tertiary/aromatic N) is 2. The summed E-state index contributed by atoms with van der Waals surface area (Å²) in [4.78, 5) is 24.5. The summed E-state index contributed by atoms with van der Waals surface area (Å²) in [5.41, 5.74) is -1.65. The first-order chi connectivity index (χ1) is 9.67. The number of alkyl halides is 3. The van der Waals surface area contributed by atoms with E-state index in [0.717, 1.165) is 14.2 Å². The summed E-state index contributed by atoms with van der Waals surface area (Å²) in [6.45, 7) is 0. The van der Waals surface area contributed by atoms with Gasteiger partial charge in [-0.15, -0.1) is 13.2 Å². The summed E-state index contributed by atoms with van der Waals surface area (Å²) < 4.78 is 49.4. The maximum absolute atomic E-state index is 12.3. The van der Waals surface area contributed by atoms with Crippen molar-refractivity contribution >= 4 is 11.7 Å². The van der Waals surface area contributed by atoms with Gasteiger partial charge in [0.2, 0.25) is 11.6 Å². The van der Waals surface area contributed by atoms with E-state index in [4.69, 9.17) is 0 Å². The summed E-state index contributed by atoms with van der Waals surface area (Å²) in [7, 11) is 2.11. The Morgan fingerprint density at radius 3 is 2.48 bits per heavy atom. The molecule has 0 saturated carbocycles. The van der Waals surface area contributed by atoms with E-state index in [1.807, 2.05) is 0 Å². The van der Waals surface area contributed by atoms with Gasteiger partial charge in [-0.1, -0.05) is 0 Å². The summed E-state index contributed by atoms with van der Waals surface area (Å²) in [6.07, 6.45) is -5.86. The minimum atomic E-state index is -5.15. The van der Waals surface area contributed by atoms with Crippen molar-refractivity contribution in [2.24, 2.45) is 0 Å². The van der Waals surface area contributed by atoms with Gasteiger partial charge in [0.15, 0.2) is 0 Å². The molecule has 0 amide bonds. The molecule has 21 heavy (non-hydrogen) atoms. The van der Waals surface area contributed by atoms with Crippen LogP contribution < -0.4 is 9.47 Å². The van der Waals surface area contributed by atoms with Crippen LogP contribution in [-0.4, -0.2) is 36.5 Å². The second kappa shape index (κ2) is 6.24. The lowest BCUT2D eigenvalue weighted by Crippen LogP contribution is -2.19. The van der Waals surface area contributed by atoms with Gasteiger partial charge in [-0.2, -0.15) is 0 Å². The first-order valence-corrected chi connectivity index (χ1v) is 5.22. The Kier molecular flexibility index (Phi) is 4.89. The predicted molar refractivity (Wildman–Crippen MR) is 59.8 cm³/mol. The van der Waals surface area contributed by atoms with Crippen molar-refractivity contribution in [1.29, 1.82) is 0 Å². The van der Waals surface area contributed by atoms with Crippen LogP contribution in [0.15, 0.2) is 6.07 Å². The average molecular weight is 310 g/mol. The van der Waals surface area contributed by atoms with Crippen molar-refractivity contribution in [2.75, 3.05) is 14.2 Å². The number of esters is 1. The lowest BCUT2D eigenvalue weighted by atomic mass is 10.2. The monoisotopic (exact) mass is 310 g/mol. The number of ether oxygens (including phenoxy) is 3. The van der Waals surface area contributed by atoms with Crippen LogP contribution in [-0.2, 0) is 16.0 Å². The van der Waals surface area contributed by atoms with Gasteiger partial charge in [0, 0.05) is 0 Å². The quantitative estimate of drug-likeness (QED) is 0.462. The number of rotatable bonds is 5. The Morgan fingerprint density at radius 1 is 1.43 bits per heavy atom. The molecule has 0 aromatic carbocycles. The van der Waals surface area contributed by atoms with E-state index >= 15 is 0 Å². The Hall–Kier alpha value is -2.59. The van der Waals surface area contributed by atoms with Crippen LogP contribution in [0.5, 0.6) is 11.6 Å². The Labute approximate surface area is 115 Å². The maximum Gasteiger partial charge on any atom is 0.573 e. The molecule has 8 nitrogen and oxygen atoms in total. The Balaban J connectivity index is 3.42. The van der Waals surface area contributed by atoms with Crippen molar-refractivity contribution in [3.05, 3.63) is 21.9 Å². The van der Waals surface area contributed by atoms with Crippen LogP contribution in [0.1, 0.15) is 5.69 Å². The molecule has 0 fully saturated rings. The molecule has 0 bridgehead atoms. The van der Waals surface area contributed by atoms with Gasteiger partial charge in [-0.25, -0.2) is 4.98 Å². The standard InChI is InChI=1S/C10H9F3N2O6/c1-19-7-4-6(21-10(11,12)13)9(15(17)18)5(14-7)3-8(16)20-2/h4H,3H2,1-2H3. The highest BCUT2D eigenvalue weighted by atomic mass is 19.4. The molecular formula is C10H9F3N2O6. The molecule has 0 aliphatic carbocycles. The molecule has 116 valence electrons. The van der Waals surface area contributed by atoms with Gasteiger partial charge in [-0.05, 0) is 0 Å². The van der Waals surface area contributed by atoms with Crippen molar-refractivity contribution in [3.63, 3.8) is 0 Å². The molecule has 1 aromatic heterocycles. The second-order valence-electron chi connectivity index (χ2n) is 3.52. The van der Waals surface area contributed by atoms with E-state index in [-0.39, 0.29) is 5.88 Å². The maximum atomic E-state index is 12.3. The minimum absolute atomic E-state index is 0.376. The highest BCUT2D eigenvalue weighted by Gasteiger charge is 2.37. The van der Waals surface area contributed by atoms with E-state index in [2.05, 4.69) is 19.2 Å². The molecule has 0 aliphatic rings. The van der Waals surface area contributed by atoms with E-state index in [0.29, 0.717) is 6.07 Å². The molecule has 0 N–H and O–H groups in total. The van der Waals surface area contributed by atoms with Crippen LogP contribution in [0.2, 0.25) is 0 Å². The molecule has 1 aromatic rings. The molecule has 0 unspecified atom stereocenters. The molecule has 0 spiro atoms. The fourth-order valence-electron chi connectivity index (χ4n) is 1.38. The number of carbonyl (C=O) groups excluding carboxylic acids is 1. The fraction of sp³-hybridized carbons (Fsp3) is 0.400. The number of hydrogen-bond acceptors (Lipinski definition) is 7. The van der Waals surface area contributed by atoms with Crippen molar-refractivity contribution in [1.82, 2.24) is 4.98 Å². The SMILES string of the molecule is COC(=O)Cc1nc(OC)cc(OC(F)(F)F)c1[N+](=O)[O-]. The highest BCUT2D eigenvalue weighted by Crippen LogP contribution is 2.36. The lowest BCUT2D eigenvalue weighted by Gasteiger charge is -2.12. The third kappa shape index (κ3) is 4.47. The molecule has 0 atom stereocenters. The molecule has 0 saturated heterocycles. The average Bonchev–Trinajstić information content (AvgIpc) is 2.35. The molecular weight excluding hydrogens is 301 g/mol. The summed E-state index contributed by atoms with van der Waals surface area (Å²) in [5.74, 6) is -2.42. The zero-order chi connectivity index (χ0) is 16.2. The van der Waals surface area contributed by atoms with E-state index in [1.54, 1.807) is 0 Å². The fourth-order valence-corrected chi connectivity index (χ4v) is 1.38. The van der Waals surface area contributed by atoms with Gasteiger partial charge in [-0.3, -0.25) is 14.9 Å². The molecule has 1 rings (SSSR count). The molecule has 11 heteroatoms. The van der Waals surface area contributed by atoms with Gasteiger partial charge in [0.05, 0.1) is 31.6 Å². The third-order valence-electron chi connectivity index (χ3n) is 2.16. The van der Waals surface area contributed by atoms with Crippen LogP contribution in [0.4, 0.5) is 18.9 Å². The van der Waals surface area contributed by atoms with Crippen LogP contribution in [0, 0.1) is 10.1 Å². The topological polar surface area (TPSA) is 101 Å².